The summed E-state index contributed by atoms with van der Waals surface area (Å²) in [7, 11) is 1.45. The Labute approximate surface area is 249 Å². The summed E-state index contributed by atoms with van der Waals surface area (Å²) in [6.07, 6.45) is 3.80. The third-order valence-electron chi connectivity index (χ3n) is 9.61. The van der Waals surface area contributed by atoms with Gasteiger partial charge in [0, 0.05) is 47.0 Å². The molecule has 0 saturated carbocycles. The van der Waals surface area contributed by atoms with E-state index in [1.165, 1.54) is 18.1 Å². The first-order valence-electron chi connectivity index (χ1n) is 14.7. The Hall–Kier alpha value is -4.50. The van der Waals surface area contributed by atoms with Gasteiger partial charge in [-0.2, -0.15) is 0 Å². The highest BCUT2D eigenvalue weighted by atomic mass is 16.5. The van der Waals surface area contributed by atoms with Crippen LogP contribution in [0.3, 0.4) is 0 Å². The number of hydrogen-bond acceptors (Lipinski definition) is 8. The summed E-state index contributed by atoms with van der Waals surface area (Å²) in [5.41, 5.74) is 3.76. The summed E-state index contributed by atoms with van der Waals surface area (Å²) in [6, 6.07) is 12.5. The summed E-state index contributed by atoms with van der Waals surface area (Å²) in [5, 5.41) is 11.2. The number of ketones is 2. The van der Waals surface area contributed by atoms with E-state index in [0.717, 1.165) is 24.4 Å². The Morgan fingerprint density at radius 1 is 0.930 bits per heavy atom. The summed E-state index contributed by atoms with van der Waals surface area (Å²) in [6.45, 7) is 4.48. The molecule has 3 aliphatic carbocycles. The number of carbonyl (C=O) groups excluding carboxylic acids is 4. The number of aromatic hydroxyl groups is 1. The molecule has 2 fully saturated rings. The number of hydrogen-bond donors (Lipinski definition) is 1. The second-order valence-corrected chi connectivity index (χ2v) is 11.8. The number of rotatable bonds is 4. The minimum atomic E-state index is -0.740. The van der Waals surface area contributed by atoms with Crippen LogP contribution in [0.5, 0.6) is 11.5 Å². The van der Waals surface area contributed by atoms with Crippen molar-refractivity contribution in [2.45, 2.75) is 25.7 Å². The second kappa shape index (κ2) is 10.3. The molecule has 0 aromatic heterocycles. The van der Waals surface area contributed by atoms with Crippen LogP contribution in [0.4, 0.5) is 11.4 Å². The van der Waals surface area contributed by atoms with E-state index in [0.29, 0.717) is 47.6 Å². The fraction of sp³-hybridized carbons (Fsp3) is 0.353. The molecule has 5 aliphatic rings. The van der Waals surface area contributed by atoms with E-state index in [-0.39, 0.29) is 41.3 Å². The molecule has 2 aromatic carbocycles. The average Bonchev–Trinajstić information content (AvgIpc) is 3.29. The predicted molar refractivity (Wildman–Crippen MR) is 158 cm³/mol. The smallest absolute Gasteiger partial charge is 0.238 e. The zero-order valence-corrected chi connectivity index (χ0v) is 24.0. The summed E-state index contributed by atoms with van der Waals surface area (Å²) >= 11 is 0. The molecule has 1 N–H and O–H groups in total. The Morgan fingerprint density at radius 3 is 2.37 bits per heavy atom. The molecule has 0 unspecified atom stereocenters. The summed E-state index contributed by atoms with van der Waals surface area (Å²) in [5.74, 6) is -3.44. The fourth-order valence-corrected chi connectivity index (χ4v) is 7.56. The van der Waals surface area contributed by atoms with Crippen LogP contribution >= 0.6 is 0 Å². The first-order chi connectivity index (χ1) is 20.8. The second-order valence-electron chi connectivity index (χ2n) is 11.8. The van der Waals surface area contributed by atoms with E-state index in [4.69, 9.17) is 9.47 Å². The maximum absolute atomic E-state index is 14.2. The Bertz CT molecular complexity index is 1660. The highest BCUT2D eigenvalue weighted by Gasteiger charge is 2.56. The minimum Gasteiger partial charge on any atom is -0.504 e. The lowest BCUT2D eigenvalue weighted by Crippen LogP contribution is -2.39. The van der Waals surface area contributed by atoms with Crippen LogP contribution in [0.2, 0.25) is 0 Å². The number of nitrogens with zero attached hydrogens (tertiary/aromatic N) is 2. The van der Waals surface area contributed by atoms with Crippen molar-refractivity contribution in [1.82, 2.24) is 0 Å². The van der Waals surface area contributed by atoms with Crippen molar-refractivity contribution in [2.24, 2.45) is 17.8 Å². The van der Waals surface area contributed by atoms with Crippen molar-refractivity contribution in [3.8, 4) is 11.5 Å². The molecule has 0 radical (unpaired) electrons. The maximum atomic E-state index is 14.2. The number of anilines is 2. The minimum absolute atomic E-state index is 0.118. The number of fused-ring (bicyclic) bond motifs is 3. The van der Waals surface area contributed by atoms with Gasteiger partial charge in [0.15, 0.2) is 23.1 Å². The molecule has 2 aliphatic heterocycles. The molecule has 220 valence electrons. The lowest BCUT2D eigenvalue weighted by molar-refractivity contribution is -0.123. The molecular formula is C34H32N2O7. The number of amides is 2. The van der Waals surface area contributed by atoms with Gasteiger partial charge in [0.1, 0.15) is 0 Å². The third-order valence-corrected chi connectivity index (χ3v) is 9.61. The zero-order valence-electron chi connectivity index (χ0n) is 24.0. The average molecular weight is 581 g/mol. The third kappa shape index (κ3) is 4.17. The van der Waals surface area contributed by atoms with Crippen LogP contribution in [0.1, 0.15) is 31.2 Å². The molecular weight excluding hydrogens is 548 g/mol. The molecule has 9 heteroatoms. The Balaban J connectivity index is 1.28. The lowest BCUT2D eigenvalue weighted by atomic mass is 9.59. The predicted octanol–water partition coefficient (Wildman–Crippen LogP) is 3.87. The number of Topliss-reactive ketones (excluding diaryl/α,β-unsaturated/α-hetero) is 1. The van der Waals surface area contributed by atoms with Gasteiger partial charge in [-0.3, -0.25) is 24.1 Å². The van der Waals surface area contributed by atoms with E-state index in [1.54, 1.807) is 25.1 Å². The van der Waals surface area contributed by atoms with Crippen LogP contribution in [0, 0.1) is 17.8 Å². The van der Waals surface area contributed by atoms with Gasteiger partial charge in [-0.05, 0) is 62.1 Å². The van der Waals surface area contributed by atoms with Gasteiger partial charge in [-0.1, -0.05) is 23.8 Å². The number of para-hydroxylation sites is 1. The maximum Gasteiger partial charge on any atom is 0.238 e. The van der Waals surface area contributed by atoms with E-state index >= 15 is 0 Å². The number of phenols is 1. The van der Waals surface area contributed by atoms with Gasteiger partial charge in [0.25, 0.3) is 0 Å². The molecule has 7 rings (SSSR count). The van der Waals surface area contributed by atoms with E-state index in [1.807, 2.05) is 30.3 Å². The van der Waals surface area contributed by atoms with Gasteiger partial charge >= 0.3 is 0 Å². The molecule has 43 heavy (non-hydrogen) atoms. The molecule has 2 aromatic rings. The SMILES string of the molecule is COc1cccc([C@H]2C3=CC[C@@H]4C(=O)N(c5ccc(N6CCOCC6)cc5)C(=O)[C@@H]4[C@@H]3CC3=C2C(=O)C=C(C)C3=O)c1O. The molecule has 9 nitrogen and oxygen atoms in total. The molecule has 0 bridgehead atoms. The van der Waals surface area contributed by atoms with Crippen molar-refractivity contribution in [3.05, 3.63) is 82.5 Å². The topological polar surface area (TPSA) is 113 Å². The summed E-state index contributed by atoms with van der Waals surface area (Å²) < 4.78 is 10.8. The van der Waals surface area contributed by atoms with E-state index < -0.39 is 23.7 Å². The molecule has 2 saturated heterocycles. The molecule has 0 spiro atoms. The number of methoxy groups -OCH3 is 1. The van der Waals surface area contributed by atoms with Gasteiger partial charge in [-0.25, -0.2) is 0 Å². The van der Waals surface area contributed by atoms with Gasteiger partial charge in [0.05, 0.1) is 37.8 Å². The number of allylic oxidation sites excluding steroid dienone is 6. The highest BCUT2D eigenvalue weighted by molar-refractivity contribution is 6.25. The first-order valence-corrected chi connectivity index (χ1v) is 14.7. The largest absolute Gasteiger partial charge is 0.504 e. The van der Waals surface area contributed by atoms with Crippen molar-refractivity contribution < 1.29 is 33.8 Å². The van der Waals surface area contributed by atoms with Crippen molar-refractivity contribution in [3.63, 3.8) is 0 Å². The fourth-order valence-electron chi connectivity index (χ4n) is 7.56. The van der Waals surface area contributed by atoms with Gasteiger partial charge in [-0.15, -0.1) is 0 Å². The molecule has 4 atom stereocenters. The number of benzene rings is 2. The normalized spacial score (nSPS) is 27.0. The van der Waals surface area contributed by atoms with Crippen LogP contribution in [0.15, 0.2) is 76.9 Å². The lowest BCUT2D eigenvalue weighted by Gasteiger charge is -2.42. The highest BCUT2D eigenvalue weighted by Crippen LogP contribution is 2.57. The van der Waals surface area contributed by atoms with Crippen molar-refractivity contribution >= 4 is 34.8 Å². The number of carbonyl (C=O) groups is 4. The van der Waals surface area contributed by atoms with Crippen LogP contribution < -0.4 is 14.5 Å². The standard InChI is InChI=1S/C34H32N2O7/c1-18-16-26(37)30-25(31(18)38)17-24-21(28(30)22-4-3-5-27(42-2)32(22)39)10-11-23-29(24)34(41)36(33(23)40)20-8-6-19(7-9-20)35-12-14-43-15-13-35/h3-10,16,23-24,28-29,39H,11-15,17H2,1-2H3/t23-,24+,28+,29-/m0/s1. The summed E-state index contributed by atoms with van der Waals surface area (Å²) in [4.78, 5) is 58.4. The number of imide groups is 1. The van der Waals surface area contributed by atoms with Gasteiger partial charge in [0.2, 0.25) is 11.8 Å². The number of ether oxygens (including phenoxy) is 2. The first kappa shape index (κ1) is 27.3. The number of morpholine rings is 1. The monoisotopic (exact) mass is 580 g/mol. The number of phenolic OH excluding ortho intramolecular Hbond substituents is 1. The van der Waals surface area contributed by atoms with Crippen LogP contribution in [0.25, 0.3) is 0 Å². The van der Waals surface area contributed by atoms with Crippen molar-refractivity contribution in [2.75, 3.05) is 43.2 Å². The van der Waals surface area contributed by atoms with Crippen LogP contribution in [-0.4, -0.2) is 61.9 Å². The quantitative estimate of drug-likeness (QED) is 0.330. The Morgan fingerprint density at radius 2 is 1.65 bits per heavy atom. The zero-order chi connectivity index (χ0) is 30.0. The molecule has 2 heterocycles. The Kier molecular flexibility index (Phi) is 6.58. The van der Waals surface area contributed by atoms with E-state index in [2.05, 4.69) is 4.90 Å². The molecule has 2 amide bonds. The van der Waals surface area contributed by atoms with Gasteiger partial charge < -0.3 is 19.5 Å². The van der Waals surface area contributed by atoms with Crippen molar-refractivity contribution in [1.29, 1.82) is 0 Å². The van der Waals surface area contributed by atoms with Crippen LogP contribution in [-0.2, 0) is 23.9 Å². The van der Waals surface area contributed by atoms with E-state index in [9.17, 15) is 24.3 Å².